The van der Waals surface area contributed by atoms with E-state index in [0.29, 0.717) is 0 Å². The van der Waals surface area contributed by atoms with E-state index in [1.807, 2.05) is 0 Å². The summed E-state index contributed by atoms with van der Waals surface area (Å²) in [5, 5.41) is 3.45. The molecule has 0 saturated carbocycles. The van der Waals surface area contributed by atoms with E-state index < -0.39 is 0 Å². The average molecular weight is 321 g/mol. The summed E-state index contributed by atoms with van der Waals surface area (Å²) in [5.74, 6) is 2.01. The summed E-state index contributed by atoms with van der Waals surface area (Å²) in [4.78, 5) is 13.7. The molecule has 1 aromatic carbocycles. The number of aromatic nitrogens is 4. The first-order valence-electron chi connectivity index (χ1n) is 8.81. The summed E-state index contributed by atoms with van der Waals surface area (Å²) >= 11 is 0. The number of benzene rings is 1. The quantitative estimate of drug-likeness (QED) is 0.799. The number of nitrogens with zero attached hydrogens (tertiary/aromatic N) is 4. The van der Waals surface area contributed by atoms with Crippen molar-refractivity contribution in [1.29, 1.82) is 0 Å². The largest absolute Gasteiger partial charge is 0.368 e. The lowest BCUT2D eigenvalue weighted by atomic mass is 10.1. The summed E-state index contributed by atoms with van der Waals surface area (Å²) in [7, 11) is 0. The molecule has 0 amide bonds. The average Bonchev–Trinajstić information content (AvgIpc) is 2.78. The van der Waals surface area contributed by atoms with E-state index in [9.17, 15) is 0 Å². The van der Waals surface area contributed by atoms with Gasteiger partial charge in [0.1, 0.15) is 12.2 Å². The summed E-state index contributed by atoms with van der Waals surface area (Å²) in [6.45, 7) is 3.99. The zero-order chi connectivity index (χ0) is 16.4. The lowest BCUT2D eigenvalue weighted by molar-refractivity contribution is 0.643. The molecule has 0 saturated heterocycles. The fraction of sp³-hybridized carbons (Fsp3) is 0.421. The van der Waals surface area contributed by atoms with Crippen LogP contribution in [-0.2, 0) is 19.4 Å². The topological polar surface area (TPSA) is 55.6 Å². The Morgan fingerprint density at radius 1 is 1.17 bits per heavy atom. The van der Waals surface area contributed by atoms with Crippen LogP contribution in [0.1, 0.15) is 36.2 Å². The number of nitrogens with one attached hydrogen (secondary N) is 1. The summed E-state index contributed by atoms with van der Waals surface area (Å²) in [6.07, 6.45) is 7.36. The van der Waals surface area contributed by atoms with E-state index in [1.54, 1.807) is 6.33 Å². The Balaban J connectivity index is 1.54. The molecule has 3 aromatic rings. The third kappa shape index (κ3) is 2.98. The maximum absolute atomic E-state index is 4.83. The van der Waals surface area contributed by atoms with Crippen LogP contribution in [0.2, 0.25) is 0 Å². The van der Waals surface area contributed by atoms with Gasteiger partial charge in [0, 0.05) is 19.5 Å². The minimum absolute atomic E-state index is 0.845. The number of hydrogen-bond donors (Lipinski definition) is 1. The smallest absolute Gasteiger partial charge is 0.165 e. The summed E-state index contributed by atoms with van der Waals surface area (Å²) < 4.78 is 2.27. The Labute approximate surface area is 142 Å². The molecule has 5 heteroatoms. The van der Waals surface area contributed by atoms with Gasteiger partial charge in [-0.1, -0.05) is 36.2 Å². The molecule has 1 N–H and O–H groups in total. The van der Waals surface area contributed by atoms with Gasteiger partial charge in [-0.3, -0.25) is 0 Å². The molecule has 2 aromatic heterocycles. The number of imidazole rings is 1. The highest BCUT2D eigenvalue weighted by atomic mass is 15.2. The Kier molecular flexibility index (Phi) is 4.15. The van der Waals surface area contributed by atoms with Gasteiger partial charge in [0.2, 0.25) is 0 Å². The Hall–Kier alpha value is -2.43. The van der Waals surface area contributed by atoms with Gasteiger partial charge in [-0.25, -0.2) is 15.0 Å². The van der Waals surface area contributed by atoms with Gasteiger partial charge < -0.3 is 9.88 Å². The molecule has 0 radical (unpaired) electrons. The van der Waals surface area contributed by atoms with E-state index in [-0.39, 0.29) is 0 Å². The third-order valence-corrected chi connectivity index (χ3v) is 4.68. The number of fused-ring (bicyclic) bond motifs is 3. The van der Waals surface area contributed by atoms with Gasteiger partial charge in [0.25, 0.3) is 0 Å². The van der Waals surface area contributed by atoms with Crippen molar-refractivity contribution in [2.24, 2.45) is 0 Å². The predicted octanol–water partition coefficient (Wildman–Crippen LogP) is 3.52. The molecule has 0 aliphatic carbocycles. The maximum Gasteiger partial charge on any atom is 0.165 e. The maximum atomic E-state index is 4.83. The van der Waals surface area contributed by atoms with E-state index in [2.05, 4.69) is 51.0 Å². The lowest BCUT2D eigenvalue weighted by Crippen LogP contribution is -2.07. The van der Waals surface area contributed by atoms with Gasteiger partial charge in [-0.05, 0) is 31.7 Å². The van der Waals surface area contributed by atoms with Crippen LogP contribution in [0.4, 0.5) is 5.82 Å². The molecule has 0 fully saturated rings. The van der Waals surface area contributed by atoms with Crippen molar-refractivity contribution in [3.05, 3.63) is 47.5 Å². The van der Waals surface area contributed by atoms with Crippen LogP contribution in [0, 0.1) is 6.92 Å². The zero-order valence-electron chi connectivity index (χ0n) is 14.1. The van der Waals surface area contributed by atoms with Crippen molar-refractivity contribution in [2.45, 2.75) is 45.6 Å². The standard InChI is InChI=1S/C19H23N5/c1-14-6-5-7-15(12-14)9-10-20-18-17-19(22-13-21-18)24-11-4-2-3-8-16(24)23-17/h5-7,12-13H,2-4,8-11H2,1H3,(H,20,21,22). The molecule has 4 rings (SSSR count). The number of aryl methyl sites for hydroxylation is 3. The van der Waals surface area contributed by atoms with Crippen molar-refractivity contribution in [1.82, 2.24) is 19.5 Å². The fourth-order valence-electron chi connectivity index (χ4n) is 3.46. The molecule has 124 valence electrons. The first kappa shape index (κ1) is 15.1. The minimum Gasteiger partial charge on any atom is -0.368 e. The molecule has 0 bridgehead atoms. The van der Waals surface area contributed by atoms with Gasteiger partial charge >= 0.3 is 0 Å². The lowest BCUT2D eigenvalue weighted by Gasteiger charge is -2.07. The molecule has 24 heavy (non-hydrogen) atoms. The van der Waals surface area contributed by atoms with Crippen LogP contribution in [0.3, 0.4) is 0 Å². The minimum atomic E-state index is 0.845. The van der Waals surface area contributed by atoms with E-state index in [4.69, 9.17) is 4.98 Å². The Morgan fingerprint density at radius 2 is 2.12 bits per heavy atom. The predicted molar refractivity (Wildman–Crippen MR) is 96.3 cm³/mol. The number of rotatable bonds is 4. The van der Waals surface area contributed by atoms with Gasteiger partial charge in [0.15, 0.2) is 17.0 Å². The highest BCUT2D eigenvalue weighted by molar-refractivity contribution is 5.83. The Morgan fingerprint density at radius 3 is 3.04 bits per heavy atom. The van der Waals surface area contributed by atoms with Crippen LogP contribution in [-0.4, -0.2) is 26.1 Å². The molecule has 3 heterocycles. The van der Waals surface area contributed by atoms with Crippen LogP contribution in [0.5, 0.6) is 0 Å². The number of hydrogen-bond acceptors (Lipinski definition) is 4. The second-order valence-electron chi connectivity index (χ2n) is 6.55. The highest BCUT2D eigenvalue weighted by Crippen LogP contribution is 2.24. The molecule has 1 aliphatic heterocycles. The third-order valence-electron chi connectivity index (χ3n) is 4.68. The molecule has 0 atom stereocenters. The monoisotopic (exact) mass is 321 g/mol. The highest BCUT2D eigenvalue weighted by Gasteiger charge is 2.17. The van der Waals surface area contributed by atoms with Gasteiger partial charge in [0.05, 0.1) is 0 Å². The second kappa shape index (κ2) is 6.59. The molecular formula is C19H23N5. The number of anilines is 1. The van der Waals surface area contributed by atoms with Crippen molar-refractivity contribution in [3.8, 4) is 0 Å². The van der Waals surface area contributed by atoms with Crippen molar-refractivity contribution >= 4 is 17.0 Å². The SMILES string of the molecule is Cc1cccc(CCNc2ncnc3c2nc2n3CCCCC2)c1. The molecule has 1 aliphatic rings. The first-order valence-corrected chi connectivity index (χ1v) is 8.81. The van der Waals surface area contributed by atoms with Crippen LogP contribution >= 0.6 is 0 Å². The second-order valence-corrected chi connectivity index (χ2v) is 6.55. The van der Waals surface area contributed by atoms with Crippen molar-refractivity contribution in [2.75, 3.05) is 11.9 Å². The van der Waals surface area contributed by atoms with Crippen LogP contribution < -0.4 is 5.32 Å². The van der Waals surface area contributed by atoms with E-state index in [0.717, 1.165) is 48.7 Å². The van der Waals surface area contributed by atoms with E-state index in [1.165, 1.54) is 30.4 Å². The van der Waals surface area contributed by atoms with Crippen molar-refractivity contribution < 1.29 is 0 Å². The molecule has 0 spiro atoms. The molecule has 0 unspecified atom stereocenters. The van der Waals surface area contributed by atoms with Gasteiger partial charge in [-0.2, -0.15) is 0 Å². The van der Waals surface area contributed by atoms with Crippen LogP contribution in [0.25, 0.3) is 11.2 Å². The zero-order valence-corrected chi connectivity index (χ0v) is 14.1. The van der Waals surface area contributed by atoms with Gasteiger partial charge in [-0.15, -0.1) is 0 Å². The van der Waals surface area contributed by atoms with E-state index >= 15 is 0 Å². The Bertz CT molecular complexity index is 852. The molecular weight excluding hydrogens is 298 g/mol. The van der Waals surface area contributed by atoms with Crippen LogP contribution in [0.15, 0.2) is 30.6 Å². The normalized spacial score (nSPS) is 14.4. The summed E-state index contributed by atoms with van der Waals surface area (Å²) in [5.41, 5.74) is 4.53. The molecule has 5 nitrogen and oxygen atoms in total. The first-order chi connectivity index (χ1) is 11.8. The summed E-state index contributed by atoms with van der Waals surface area (Å²) in [6, 6.07) is 8.64. The fourth-order valence-corrected chi connectivity index (χ4v) is 3.46. The van der Waals surface area contributed by atoms with Crippen molar-refractivity contribution in [3.63, 3.8) is 0 Å².